The van der Waals surface area contributed by atoms with Crippen LogP contribution in [-0.4, -0.2) is 95.4 Å². The fourth-order valence-corrected chi connectivity index (χ4v) is 12.7. The van der Waals surface area contributed by atoms with Crippen LogP contribution in [0.1, 0.15) is 380 Å². The van der Waals surface area contributed by atoms with Crippen molar-refractivity contribution < 1.29 is 51.8 Å². The van der Waals surface area contributed by atoms with Crippen molar-refractivity contribution in [3.63, 3.8) is 0 Å². The summed E-state index contributed by atoms with van der Waals surface area (Å²) in [7, 11) is -5.09. The van der Waals surface area contributed by atoms with Crippen molar-refractivity contribution in [3.8, 4) is 0 Å². The van der Waals surface area contributed by atoms with E-state index in [1.165, 1.54) is 315 Å². The van der Waals surface area contributed by atoms with Gasteiger partial charge in [0, 0.05) is 6.42 Å². The van der Waals surface area contributed by atoms with E-state index in [1.807, 2.05) is 6.08 Å². The highest BCUT2D eigenvalue weighted by molar-refractivity contribution is 7.80. The van der Waals surface area contributed by atoms with Crippen LogP contribution in [0.3, 0.4) is 0 Å². The minimum Gasteiger partial charge on any atom is -0.394 e. The molecule has 1 heterocycles. The molecule has 13 heteroatoms. The standard InChI is InChI=1S/C71H139NO11S/c1-3-5-7-9-11-13-15-17-19-21-23-25-27-29-30-31-32-33-34-35-37-39-41-43-45-47-49-51-53-55-57-59-61-67(75)72-64(63-81-71-69(77)70(83-84(78,79)80)68(76)66(62-73)82-71)65(74)60-58-56-54-52-50-48-46-44-42-40-38-36-28-26-24-22-20-18-16-14-12-10-8-6-4-2/h58,60,64-66,68-71,73-74,76-77H,3-57,59,61-63H2,1-2H3,(H,72,75)(H,78,79,80)/b60-58+. The molecule has 0 aromatic rings. The number of nitrogens with one attached hydrogen (secondary N) is 1. The Kier molecular flexibility index (Phi) is 58.5. The molecule has 7 unspecified atom stereocenters. The van der Waals surface area contributed by atoms with Crippen molar-refractivity contribution in [3.05, 3.63) is 12.2 Å². The molecule has 0 aromatic carbocycles. The van der Waals surface area contributed by atoms with E-state index in [1.54, 1.807) is 6.08 Å². The highest BCUT2D eigenvalue weighted by atomic mass is 32.3. The van der Waals surface area contributed by atoms with E-state index in [0.29, 0.717) is 6.42 Å². The number of ether oxygens (including phenoxy) is 2. The summed E-state index contributed by atoms with van der Waals surface area (Å²) in [4.78, 5) is 13.2. The maximum atomic E-state index is 13.2. The van der Waals surface area contributed by atoms with Gasteiger partial charge in [-0.3, -0.25) is 9.35 Å². The summed E-state index contributed by atoms with van der Waals surface area (Å²) in [5.74, 6) is -0.252. The number of carbonyl (C=O) groups is 1. The number of hydrogen-bond donors (Lipinski definition) is 6. The lowest BCUT2D eigenvalue weighted by molar-refractivity contribution is -0.298. The number of rotatable bonds is 66. The predicted molar refractivity (Wildman–Crippen MR) is 352 cm³/mol. The first kappa shape index (κ1) is 80.9. The van der Waals surface area contributed by atoms with Gasteiger partial charge in [0.25, 0.3) is 0 Å². The minimum absolute atomic E-state index is 0.252. The van der Waals surface area contributed by atoms with E-state index < -0.39 is 59.9 Å². The number of carbonyl (C=O) groups excluding carboxylic acids is 1. The highest BCUT2D eigenvalue weighted by Crippen LogP contribution is 2.27. The van der Waals surface area contributed by atoms with Crippen molar-refractivity contribution in [2.75, 3.05) is 13.2 Å². The fraction of sp³-hybridized carbons (Fsp3) is 0.958. The Morgan fingerprint density at radius 2 is 0.750 bits per heavy atom. The Hall–Kier alpha value is -1.16. The Bertz CT molecular complexity index is 1520. The van der Waals surface area contributed by atoms with Gasteiger partial charge in [0.05, 0.1) is 25.4 Å². The van der Waals surface area contributed by atoms with Crippen molar-refractivity contribution in [1.29, 1.82) is 0 Å². The smallest absolute Gasteiger partial charge is 0.394 e. The molecule has 12 nitrogen and oxygen atoms in total. The van der Waals surface area contributed by atoms with E-state index in [0.717, 1.165) is 38.5 Å². The monoisotopic (exact) mass is 1210 g/mol. The molecule has 0 bridgehead atoms. The summed E-state index contributed by atoms with van der Waals surface area (Å²) in [5.41, 5.74) is 0. The summed E-state index contributed by atoms with van der Waals surface area (Å²) in [5, 5.41) is 45.2. The largest absolute Gasteiger partial charge is 0.397 e. The first-order valence-electron chi connectivity index (χ1n) is 36.6. The number of unbranched alkanes of at least 4 members (excludes halogenated alkanes) is 54. The van der Waals surface area contributed by atoms with Crippen LogP contribution in [0.4, 0.5) is 0 Å². The molecular formula is C71H139NO11S. The van der Waals surface area contributed by atoms with Gasteiger partial charge in [0.15, 0.2) is 6.29 Å². The Morgan fingerprint density at radius 3 is 1.04 bits per heavy atom. The SMILES string of the molecule is CCCCCCCCCCCCCCCCCCCCCCCCC/C=C/C(O)C(COC1OC(CO)C(O)C(OS(=O)(=O)O)C1O)NC(=O)CCCCCCCCCCCCCCCCCCCCCCCCCCCCCCCCCC. The second kappa shape index (κ2) is 60.7. The van der Waals surface area contributed by atoms with Crippen molar-refractivity contribution in [2.45, 2.75) is 423 Å². The number of aliphatic hydroxyl groups excluding tert-OH is 4. The van der Waals surface area contributed by atoms with E-state index >= 15 is 0 Å². The third-order valence-electron chi connectivity index (χ3n) is 17.8. The molecule has 7 atom stereocenters. The lowest BCUT2D eigenvalue weighted by atomic mass is 9.99. The van der Waals surface area contributed by atoms with Gasteiger partial charge in [-0.15, -0.1) is 0 Å². The molecule has 84 heavy (non-hydrogen) atoms. The van der Waals surface area contributed by atoms with Gasteiger partial charge in [-0.2, -0.15) is 8.42 Å². The van der Waals surface area contributed by atoms with Gasteiger partial charge in [0.1, 0.15) is 24.4 Å². The highest BCUT2D eigenvalue weighted by Gasteiger charge is 2.48. The molecule has 1 aliphatic rings. The van der Waals surface area contributed by atoms with Crippen LogP contribution in [0.5, 0.6) is 0 Å². The number of hydrogen-bond acceptors (Lipinski definition) is 10. The molecule has 6 N–H and O–H groups in total. The molecule has 500 valence electrons. The van der Waals surface area contributed by atoms with Gasteiger partial charge < -0.3 is 35.2 Å². The Labute approximate surface area is 519 Å². The van der Waals surface area contributed by atoms with Crippen LogP contribution in [0.25, 0.3) is 0 Å². The summed E-state index contributed by atoms with van der Waals surface area (Å²) in [6.07, 6.45) is 68.7. The quantitative estimate of drug-likeness (QED) is 0.0193. The van der Waals surface area contributed by atoms with Gasteiger partial charge in [-0.1, -0.05) is 366 Å². The molecule has 1 saturated heterocycles. The summed E-state index contributed by atoms with van der Waals surface area (Å²) in [6, 6.07) is -0.942. The zero-order valence-electron chi connectivity index (χ0n) is 55.0. The maximum Gasteiger partial charge on any atom is 0.397 e. The van der Waals surface area contributed by atoms with Crippen LogP contribution in [0, 0.1) is 0 Å². The number of aliphatic hydroxyl groups is 4. The van der Waals surface area contributed by atoms with E-state index in [4.69, 9.17) is 9.47 Å². The second-order valence-electron chi connectivity index (χ2n) is 25.9. The van der Waals surface area contributed by atoms with Crippen LogP contribution < -0.4 is 5.32 Å². The zero-order valence-corrected chi connectivity index (χ0v) is 55.8. The van der Waals surface area contributed by atoms with Crippen molar-refractivity contribution >= 4 is 16.3 Å². The number of amides is 1. The lowest BCUT2D eigenvalue weighted by Gasteiger charge is -2.41. The molecule has 0 aromatic heterocycles. The molecule has 0 aliphatic carbocycles. The van der Waals surface area contributed by atoms with Crippen molar-refractivity contribution in [2.24, 2.45) is 0 Å². The second-order valence-corrected chi connectivity index (χ2v) is 26.9. The molecule has 0 saturated carbocycles. The Balaban J connectivity index is 2.22. The normalized spacial score (nSPS) is 18.3. The summed E-state index contributed by atoms with van der Waals surface area (Å²) < 4.78 is 48.1. The van der Waals surface area contributed by atoms with Crippen LogP contribution in [0.2, 0.25) is 0 Å². The number of allylic oxidation sites excluding steroid dienone is 1. The topological polar surface area (TPSA) is 192 Å². The van der Waals surface area contributed by atoms with Crippen LogP contribution >= 0.6 is 0 Å². The third kappa shape index (κ3) is 51.7. The predicted octanol–water partition coefficient (Wildman–Crippen LogP) is 19.3. The maximum absolute atomic E-state index is 13.2. The van der Waals surface area contributed by atoms with Crippen LogP contribution in [0.15, 0.2) is 12.2 Å². The molecule has 0 spiro atoms. The molecule has 1 rings (SSSR count). The van der Waals surface area contributed by atoms with E-state index in [-0.39, 0.29) is 18.9 Å². The van der Waals surface area contributed by atoms with E-state index in [9.17, 15) is 38.2 Å². The zero-order chi connectivity index (χ0) is 61.1. The molecule has 1 amide bonds. The van der Waals surface area contributed by atoms with Gasteiger partial charge >= 0.3 is 10.4 Å². The Morgan fingerprint density at radius 1 is 0.464 bits per heavy atom. The van der Waals surface area contributed by atoms with Crippen LogP contribution in [-0.2, 0) is 28.9 Å². The average molecular weight is 1210 g/mol. The molecule has 1 aliphatic heterocycles. The first-order valence-corrected chi connectivity index (χ1v) is 37.9. The lowest BCUT2D eigenvalue weighted by Crippen LogP contribution is -2.61. The van der Waals surface area contributed by atoms with Gasteiger partial charge in [-0.25, -0.2) is 4.18 Å². The van der Waals surface area contributed by atoms with E-state index in [2.05, 4.69) is 23.3 Å². The first-order chi connectivity index (χ1) is 41.0. The fourth-order valence-electron chi connectivity index (χ4n) is 12.2. The molecular weight excluding hydrogens is 1070 g/mol. The average Bonchev–Trinajstić information content (AvgIpc) is 3.67. The van der Waals surface area contributed by atoms with Gasteiger partial charge in [0.2, 0.25) is 5.91 Å². The minimum atomic E-state index is -5.09. The third-order valence-corrected chi connectivity index (χ3v) is 18.3. The summed E-state index contributed by atoms with van der Waals surface area (Å²) >= 11 is 0. The molecule has 1 fully saturated rings. The van der Waals surface area contributed by atoms with Crippen molar-refractivity contribution in [1.82, 2.24) is 5.32 Å². The molecule has 0 radical (unpaired) electrons. The summed E-state index contributed by atoms with van der Waals surface area (Å²) in [6.45, 7) is 3.48. The van der Waals surface area contributed by atoms with Gasteiger partial charge in [-0.05, 0) is 19.3 Å².